The number of hydrogen-bond donors (Lipinski definition) is 0. The van der Waals surface area contributed by atoms with Gasteiger partial charge in [-0.15, -0.1) is 0 Å². The minimum Gasteiger partial charge on any atom is -0.419 e. The van der Waals surface area contributed by atoms with E-state index in [9.17, 15) is 16.8 Å². The first-order valence-corrected chi connectivity index (χ1v) is 10.2. The standard InChI is InChI=1S/C12H20O9S2/c1-2-3-4-5-6-7-8-9-10-17-11-12(18-10)20-23(15,16)21-22(13,14)19-11/h10H,2-9H2,1H3. The third-order valence-electron chi connectivity index (χ3n) is 3.21. The average molecular weight is 372 g/mol. The Morgan fingerprint density at radius 1 is 0.783 bits per heavy atom. The molecule has 9 nitrogen and oxygen atoms in total. The van der Waals surface area contributed by atoms with E-state index < -0.39 is 39.0 Å². The maximum absolute atomic E-state index is 11.2. The second-order valence-electron chi connectivity index (χ2n) is 5.20. The van der Waals surface area contributed by atoms with Gasteiger partial charge in [-0.3, -0.25) is 0 Å². The Bertz CT molecular complexity index is 589. The molecule has 2 rings (SSSR count). The molecule has 0 atom stereocenters. The van der Waals surface area contributed by atoms with E-state index in [0.717, 1.165) is 25.7 Å². The van der Waals surface area contributed by atoms with Gasteiger partial charge in [0.1, 0.15) is 0 Å². The normalized spacial score (nSPS) is 22.3. The molecule has 0 aromatic rings. The largest absolute Gasteiger partial charge is 0.469 e. The molecule has 23 heavy (non-hydrogen) atoms. The molecule has 0 aromatic heterocycles. The summed E-state index contributed by atoms with van der Waals surface area (Å²) in [7, 11) is -9.64. The minimum atomic E-state index is -4.82. The van der Waals surface area contributed by atoms with Crippen molar-refractivity contribution in [3.05, 3.63) is 11.9 Å². The van der Waals surface area contributed by atoms with Crippen LogP contribution in [-0.2, 0) is 42.3 Å². The summed E-state index contributed by atoms with van der Waals surface area (Å²) in [5.41, 5.74) is 0. The van der Waals surface area contributed by atoms with Gasteiger partial charge < -0.3 is 17.8 Å². The van der Waals surface area contributed by atoms with Crippen molar-refractivity contribution in [3.63, 3.8) is 0 Å². The minimum absolute atomic E-state index is 0.453. The van der Waals surface area contributed by atoms with Crippen LogP contribution in [0, 0.1) is 0 Å². The molecule has 2 aliphatic rings. The van der Waals surface area contributed by atoms with Crippen LogP contribution in [0.5, 0.6) is 0 Å². The maximum atomic E-state index is 11.2. The Balaban J connectivity index is 1.77. The van der Waals surface area contributed by atoms with E-state index in [1.165, 1.54) is 19.3 Å². The summed E-state index contributed by atoms with van der Waals surface area (Å²) in [5.74, 6) is -1.34. The predicted molar refractivity (Wildman–Crippen MR) is 76.7 cm³/mol. The van der Waals surface area contributed by atoms with Crippen LogP contribution in [0.25, 0.3) is 0 Å². The highest BCUT2D eigenvalue weighted by atomic mass is 32.3. The van der Waals surface area contributed by atoms with Gasteiger partial charge in [0.05, 0.1) is 0 Å². The SMILES string of the molecule is CCCCCCCCCC1OC2=C(O1)OS(=O)(=O)OS(=O)(=O)O2. The molecule has 2 heterocycles. The van der Waals surface area contributed by atoms with Crippen LogP contribution in [0.15, 0.2) is 11.9 Å². The fraction of sp³-hybridized carbons (Fsp3) is 0.833. The van der Waals surface area contributed by atoms with Crippen LogP contribution >= 0.6 is 0 Å². The Kier molecular flexibility index (Phi) is 5.98. The number of hydrogen-bond acceptors (Lipinski definition) is 9. The van der Waals surface area contributed by atoms with E-state index in [4.69, 9.17) is 9.47 Å². The predicted octanol–water partition coefficient (Wildman–Crippen LogP) is 2.18. The zero-order chi connectivity index (χ0) is 16.9. The van der Waals surface area contributed by atoms with Crippen molar-refractivity contribution in [2.24, 2.45) is 0 Å². The van der Waals surface area contributed by atoms with Crippen LogP contribution < -0.4 is 0 Å². The highest BCUT2D eigenvalue weighted by Crippen LogP contribution is 2.32. The Morgan fingerprint density at radius 2 is 1.26 bits per heavy atom. The molecule has 0 unspecified atom stereocenters. The average Bonchev–Trinajstić information content (AvgIpc) is 2.72. The second-order valence-corrected chi connectivity index (χ2v) is 7.71. The molecule has 0 bridgehead atoms. The highest BCUT2D eigenvalue weighted by Gasteiger charge is 2.43. The first-order valence-electron chi connectivity index (χ1n) is 7.49. The van der Waals surface area contributed by atoms with Crippen molar-refractivity contribution in [2.75, 3.05) is 0 Å². The molecule has 0 aliphatic carbocycles. The zero-order valence-electron chi connectivity index (χ0n) is 12.7. The van der Waals surface area contributed by atoms with E-state index in [1.807, 2.05) is 0 Å². The van der Waals surface area contributed by atoms with Gasteiger partial charge in [-0.2, -0.15) is 16.8 Å². The summed E-state index contributed by atoms with van der Waals surface area (Å²) in [6, 6.07) is 0. The van der Waals surface area contributed by atoms with Crippen LogP contribution in [0.3, 0.4) is 0 Å². The molecule has 134 valence electrons. The van der Waals surface area contributed by atoms with Gasteiger partial charge in [-0.25, -0.2) is 0 Å². The van der Waals surface area contributed by atoms with Gasteiger partial charge in [0.15, 0.2) is 0 Å². The molecule has 11 heteroatoms. The van der Waals surface area contributed by atoms with E-state index >= 15 is 0 Å². The lowest BCUT2D eigenvalue weighted by Gasteiger charge is -2.12. The third kappa shape index (κ3) is 5.74. The molecule has 0 radical (unpaired) electrons. The van der Waals surface area contributed by atoms with Crippen LogP contribution in [0.1, 0.15) is 58.3 Å². The Labute approximate surface area is 136 Å². The van der Waals surface area contributed by atoms with Gasteiger partial charge in [0.25, 0.3) is 0 Å². The molecule has 0 saturated carbocycles. The van der Waals surface area contributed by atoms with Crippen LogP contribution in [0.4, 0.5) is 0 Å². The lowest BCUT2D eigenvalue weighted by atomic mass is 10.1. The molecule has 0 fully saturated rings. The van der Waals surface area contributed by atoms with Crippen molar-refractivity contribution in [3.8, 4) is 0 Å². The third-order valence-corrected chi connectivity index (χ3v) is 5.25. The molecule has 0 saturated heterocycles. The summed E-state index contributed by atoms with van der Waals surface area (Å²) < 4.78 is 67.6. The van der Waals surface area contributed by atoms with Crippen LogP contribution in [0.2, 0.25) is 0 Å². The van der Waals surface area contributed by atoms with E-state index in [2.05, 4.69) is 18.9 Å². The van der Waals surface area contributed by atoms with E-state index in [-0.39, 0.29) is 0 Å². The first kappa shape index (κ1) is 18.1. The van der Waals surface area contributed by atoms with Crippen molar-refractivity contribution in [1.82, 2.24) is 0 Å². The second kappa shape index (κ2) is 7.58. The molecule has 0 spiro atoms. The molecule has 0 aromatic carbocycles. The van der Waals surface area contributed by atoms with Crippen molar-refractivity contribution < 1.29 is 38.3 Å². The van der Waals surface area contributed by atoms with Gasteiger partial charge in [-0.1, -0.05) is 49.1 Å². The summed E-state index contributed by atoms with van der Waals surface area (Å²) >= 11 is 0. The molecule has 2 aliphatic heterocycles. The lowest BCUT2D eigenvalue weighted by Crippen LogP contribution is -2.17. The summed E-state index contributed by atoms with van der Waals surface area (Å²) in [5, 5.41) is 0. The van der Waals surface area contributed by atoms with E-state index in [1.54, 1.807) is 0 Å². The first-order chi connectivity index (χ1) is 10.8. The monoisotopic (exact) mass is 372 g/mol. The van der Waals surface area contributed by atoms with Gasteiger partial charge in [0, 0.05) is 6.42 Å². The quantitative estimate of drug-likeness (QED) is 0.591. The fourth-order valence-electron chi connectivity index (χ4n) is 2.17. The van der Waals surface area contributed by atoms with Gasteiger partial charge in [0.2, 0.25) is 6.29 Å². The van der Waals surface area contributed by atoms with Crippen molar-refractivity contribution in [2.45, 2.75) is 64.6 Å². The molecule has 0 amide bonds. The fourth-order valence-corrected chi connectivity index (χ4v) is 3.79. The van der Waals surface area contributed by atoms with Crippen LogP contribution in [-0.4, -0.2) is 23.1 Å². The molecular weight excluding hydrogens is 352 g/mol. The summed E-state index contributed by atoms with van der Waals surface area (Å²) in [6.07, 6.45) is 7.24. The van der Waals surface area contributed by atoms with Gasteiger partial charge >= 0.3 is 32.7 Å². The van der Waals surface area contributed by atoms with E-state index in [0.29, 0.717) is 6.42 Å². The molecule has 0 N–H and O–H groups in total. The zero-order valence-corrected chi connectivity index (χ0v) is 14.4. The Hall–Kier alpha value is -1.20. The topological polar surface area (TPSA) is 114 Å². The lowest BCUT2D eigenvalue weighted by molar-refractivity contribution is -0.0780. The summed E-state index contributed by atoms with van der Waals surface area (Å²) in [4.78, 5) is 0. The van der Waals surface area contributed by atoms with Gasteiger partial charge in [-0.05, 0) is 6.42 Å². The molecular formula is C12H20O9S2. The number of unbranched alkanes of at least 4 members (excludes halogenated alkanes) is 6. The highest BCUT2D eigenvalue weighted by molar-refractivity contribution is 7.95. The Morgan fingerprint density at radius 3 is 1.78 bits per heavy atom. The number of rotatable bonds is 8. The van der Waals surface area contributed by atoms with Crippen molar-refractivity contribution >= 4 is 20.8 Å². The van der Waals surface area contributed by atoms with Crippen molar-refractivity contribution in [1.29, 1.82) is 0 Å². The number of ether oxygens (including phenoxy) is 2. The smallest absolute Gasteiger partial charge is 0.419 e. The summed E-state index contributed by atoms with van der Waals surface area (Å²) in [6.45, 7) is 2.15. The maximum Gasteiger partial charge on any atom is 0.469 e.